The number of rotatable bonds is 9. The predicted octanol–water partition coefficient (Wildman–Crippen LogP) is 5.56. The molecule has 3 aromatic rings. The molecule has 204 valence electrons. The van der Waals surface area contributed by atoms with Gasteiger partial charge in [-0.05, 0) is 73.7 Å². The number of likely N-dealkylation sites (tertiary alicyclic amines) is 1. The van der Waals surface area contributed by atoms with Crippen LogP contribution in [0.1, 0.15) is 77.5 Å². The third kappa shape index (κ3) is 5.87. The van der Waals surface area contributed by atoms with Gasteiger partial charge in [-0.25, -0.2) is 17.5 Å². The van der Waals surface area contributed by atoms with Crippen LogP contribution in [0.5, 0.6) is 5.75 Å². The van der Waals surface area contributed by atoms with E-state index in [1.807, 2.05) is 12.1 Å². The molecule has 2 saturated carbocycles. The molecule has 3 fully saturated rings. The van der Waals surface area contributed by atoms with Crippen LogP contribution in [0.4, 0.5) is 4.39 Å². The van der Waals surface area contributed by atoms with Gasteiger partial charge in [-0.3, -0.25) is 9.69 Å². The second-order valence-corrected chi connectivity index (χ2v) is 12.9. The number of nitrogens with one attached hydrogen (secondary N) is 1. The first-order valence-corrected chi connectivity index (χ1v) is 15.3. The molecule has 8 heteroatoms. The maximum Gasteiger partial charge on any atom is 0.267 e. The molecule has 1 heterocycles. The zero-order valence-electron chi connectivity index (χ0n) is 21.8. The number of hydrogen-bond acceptors (Lipinski definition) is 5. The minimum absolute atomic E-state index is 0.0814. The molecular weight excluding hydrogens is 515 g/mol. The number of amides is 1. The van der Waals surface area contributed by atoms with Crippen LogP contribution < -0.4 is 9.46 Å². The second-order valence-electron chi connectivity index (χ2n) is 10.9. The van der Waals surface area contributed by atoms with Gasteiger partial charge < -0.3 is 4.74 Å². The fourth-order valence-corrected chi connectivity index (χ4v) is 6.86. The average Bonchev–Trinajstić information content (AvgIpc) is 3.83. The number of carbonyl (C=O) groups excluding carboxylic acids is 1. The zero-order chi connectivity index (χ0) is 27.0. The van der Waals surface area contributed by atoms with Crippen molar-refractivity contribution in [1.82, 2.24) is 9.62 Å². The molecule has 0 bridgehead atoms. The maximum absolute atomic E-state index is 15.2. The second kappa shape index (κ2) is 10.7. The summed E-state index contributed by atoms with van der Waals surface area (Å²) in [6, 6.07) is 23.7. The summed E-state index contributed by atoms with van der Waals surface area (Å²) in [5.74, 6) is -1.03. The molecule has 1 atom stereocenters. The maximum atomic E-state index is 15.2. The summed E-state index contributed by atoms with van der Waals surface area (Å²) < 4.78 is 48.3. The number of piperidine rings is 1. The average molecular weight is 549 g/mol. The Morgan fingerprint density at radius 3 is 2.15 bits per heavy atom. The van der Waals surface area contributed by atoms with E-state index in [-0.39, 0.29) is 23.6 Å². The van der Waals surface area contributed by atoms with Gasteiger partial charge in [0.25, 0.3) is 5.91 Å². The Kier molecular flexibility index (Phi) is 7.16. The van der Waals surface area contributed by atoms with Crippen LogP contribution in [0.25, 0.3) is 0 Å². The highest BCUT2D eigenvalue weighted by atomic mass is 32.2. The number of hydrogen-bond donors (Lipinski definition) is 1. The Bertz CT molecular complexity index is 1400. The fourth-order valence-electron chi connectivity index (χ4n) is 5.57. The monoisotopic (exact) mass is 548 g/mol. The summed E-state index contributed by atoms with van der Waals surface area (Å²) in [4.78, 5) is 15.1. The van der Waals surface area contributed by atoms with Gasteiger partial charge in [0.15, 0.2) is 0 Å². The highest BCUT2D eigenvalue weighted by Crippen LogP contribution is 2.46. The summed E-state index contributed by atoms with van der Waals surface area (Å²) >= 11 is 0. The molecule has 1 aliphatic heterocycles. The summed E-state index contributed by atoms with van der Waals surface area (Å²) in [7, 11) is -3.76. The van der Waals surface area contributed by atoms with E-state index >= 15 is 4.39 Å². The quantitative estimate of drug-likeness (QED) is 0.379. The van der Waals surface area contributed by atoms with Crippen molar-refractivity contribution in [3.63, 3.8) is 0 Å². The lowest BCUT2D eigenvalue weighted by atomic mass is 9.94. The van der Waals surface area contributed by atoms with Crippen molar-refractivity contribution in [2.75, 3.05) is 13.1 Å². The van der Waals surface area contributed by atoms with Gasteiger partial charge in [-0.1, -0.05) is 60.7 Å². The predicted molar refractivity (Wildman–Crippen MR) is 148 cm³/mol. The minimum Gasteiger partial charge on any atom is -0.489 e. The Morgan fingerprint density at radius 1 is 0.923 bits per heavy atom. The summed E-state index contributed by atoms with van der Waals surface area (Å²) in [5.41, 5.74) is 2.97. The molecule has 0 aromatic heterocycles. The molecule has 1 saturated heterocycles. The number of halogens is 1. The summed E-state index contributed by atoms with van der Waals surface area (Å²) in [5, 5.41) is -0.556. The van der Waals surface area contributed by atoms with Crippen LogP contribution in [0.3, 0.4) is 0 Å². The number of sulfonamides is 1. The van der Waals surface area contributed by atoms with Crippen molar-refractivity contribution < 1.29 is 22.3 Å². The van der Waals surface area contributed by atoms with Gasteiger partial charge in [-0.15, -0.1) is 0 Å². The normalized spacial score (nSPS) is 20.1. The number of ether oxygens (including phenoxy) is 1. The Morgan fingerprint density at radius 2 is 1.56 bits per heavy atom. The van der Waals surface area contributed by atoms with Crippen LogP contribution >= 0.6 is 0 Å². The van der Waals surface area contributed by atoms with Crippen LogP contribution in [0.15, 0.2) is 72.8 Å². The summed E-state index contributed by atoms with van der Waals surface area (Å²) in [6.45, 7) is 1.61. The van der Waals surface area contributed by atoms with Crippen molar-refractivity contribution >= 4 is 15.9 Å². The van der Waals surface area contributed by atoms with Crippen molar-refractivity contribution in [3.8, 4) is 5.75 Å². The van der Waals surface area contributed by atoms with E-state index < -0.39 is 27.0 Å². The lowest BCUT2D eigenvalue weighted by molar-refractivity contribution is 0.0703. The van der Waals surface area contributed by atoms with Crippen LogP contribution in [0, 0.1) is 5.82 Å². The molecule has 1 N–H and O–H groups in total. The highest BCUT2D eigenvalue weighted by molar-refractivity contribution is 7.91. The van der Waals surface area contributed by atoms with Crippen LogP contribution in [-0.4, -0.2) is 43.7 Å². The Balaban J connectivity index is 1.23. The van der Waals surface area contributed by atoms with E-state index in [0.29, 0.717) is 25.1 Å². The molecule has 39 heavy (non-hydrogen) atoms. The van der Waals surface area contributed by atoms with E-state index in [9.17, 15) is 13.2 Å². The third-order valence-corrected chi connectivity index (χ3v) is 9.68. The van der Waals surface area contributed by atoms with E-state index in [2.05, 4.69) is 58.2 Å². The molecule has 0 spiro atoms. The Hall–Kier alpha value is -3.23. The number of benzene rings is 3. The van der Waals surface area contributed by atoms with Crippen LogP contribution in [-0.2, 0) is 10.0 Å². The zero-order valence-corrected chi connectivity index (χ0v) is 22.6. The fraction of sp³-hybridized carbons (Fsp3) is 0.387. The molecule has 0 radical (unpaired) electrons. The lowest BCUT2D eigenvalue weighted by Gasteiger charge is -2.39. The number of carbonyl (C=O) groups is 1. The minimum atomic E-state index is -3.76. The van der Waals surface area contributed by atoms with E-state index in [4.69, 9.17) is 4.74 Å². The molecule has 0 unspecified atom stereocenters. The topological polar surface area (TPSA) is 75.7 Å². The first-order chi connectivity index (χ1) is 18.9. The van der Waals surface area contributed by atoms with E-state index in [1.54, 1.807) is 0 Å². The molecule has 3 aromatic carbocycles. The largest absolute Gasteiger partial charge is 0.489 e. The van der Waals surface area contributed by atoms with Crippen molar-refractivity contribution in [2.45, 2.75) is 61.8 Å². The number of nitrogens with zero attached hydrogens (tertiary/aromatic N) is 1. The SMILES string of the molecule is O=C(NS(=O)(=O)C1CC1)c1cc(C2CC2)c(O[C@@H]2CCCN(C(c3ccccc3)c3ccccc3)C2)cc1F. The molecular formula is C31H33FN2O4S. The smallest absolute Gasteiger partial charge is 0.267 e. The van der Waals surface area contributed by atoms with Gasteiger partial charge >= 0.3 is 0 Å². The molecule has 6 rings (SSSR count). The standard InChI is InChI=1S/C31H33FN2O4S/c32-28-19-29(26(21-13-14-21)18-27(28)31(35)33-39(36,37)25-15-16-25)38-24-12-7-17-34(20-24)30(22-8-3-1-4-9-22)23-10-5-2-6-11-23/h1-6,8-11,18-19,21,24-25,30H,7,12-17,20H2,(H,33,35)/t24-/m1/s1. The van der Waals surface area contributed by atoms with Crippen molar-refractivity contribution in [3.05, 3.63) is 101 Å². The lowest BCUT2D eigenvalue weighted by Crippen LogP contribution is -2.43. The van der Waals surface area contributed by atoms with Crippen LogP contribution in [0.2, 0.25) is 0 Å². The van der Waals surface area contributed by atoms with E-state index in [1.165, 1.54) is 23.3 Å². The van der Waals surface area contributed by atoms with Crippen molar-refractivity contribution in [2.24, 2.45) is 0 Å². The highest BCUT2D eigenvalue weighted by Gasteiger charge is 2.38. The van der Waals surface area contributed by atoms with Gasteiger partial charge in [0.2, 0.25) is 10.0 Å². The first-order valence-electron chi connectivity index (χ1n) is 13.8. The van der Waals surface area contributed by atoms with Gasteiger partial charge in [0, 0.05) is 12.6 Å². The molecule has 6 nitrogen and oxygen atoms in total. The molecule has 2 aliphatic carbocycles. The summed E-state index contributed by atoms with van der Waals surface area (Å²) in [6.07, 6.45) is 4.58. The van der Waals surface area contributed by atoms with Crippen molar-refractivity contribution in [1.29, 1.82) is 0 Å². The first kappa shape index (κ1) is 26.0. The van der Waals surface area contributed by atoms with Gasteiger partial charge in [-0.2, -0.15) is 0 Å². The third-order valence-electron chi connectivity index (χ3n) is 7.86. The van der Waals surface area contributed by atoms with Gasteiger partial charge in [0.05, 0.1) is 16.9 Å². The van der Waals surface area contributed by atoms with E-state index in [0.717, 1.165) is 37.8 Å². The molecule has 1 amide bonds. The Labute approximate surface area is 229 Å². The van der Waals surface area contributed by atoms with Gasteiger partial charge in [0.1, 0.15) is 17.7 Å². The molecule has 3 aliphatic rings.